The fourth-order valence-electron chi connectivity index (χ4n) is 3.27. The summed E-state index contributed by atoms with van der Waals surface area (Å²) >= 11 is 0. The summed E-state index contributed by atoms with van der Waals surface area (Å²) in [6.45, 7) is 0.297. The van der Waals surface area contributed by atoms with Crippen molar-refractivity contribution in [2.45, 2.75) is 25.0 Å². The molecule has 0 saturated carbocycles. The fourth-order valence-corrected chi connectivity index (χ4v) is 3.27. The number of rotatable bonds is 5. The topological polar surface area (TPSA) is 91.9 Å². The maximum Gasteiger partial charge on any atom is 0.326 e. The maximum absolute atomic E-state index is 12.7. The van der Waals surface area contributed by atoms with Crippen LogP contribution in [-0.4, -0.2) is 59.8 Å². The van der Waals surface area contributed by atoms with E-state index in [2.05, 4.69) is 4.98 Å². The van der Waals surface area contributed by atoms with Crippen LogP contribution < -0.4 is 4.74 Å². The van der Waals surface area contributed by atoms with Gasteiger partial charge in [0.05, 0.1) is 19.6 Å². The number of aromatic nitrogens is 1. The predicted octanol–water partition coefficient (Wildman–Crippen LogP) is 1.42. The summed E-state index contributed by atoms with van der Waals surface area (Å²) in [5.41, 5.74) is 1.67. The molecule has 7 heteroatoms. The number of methoxy groups -OCH3 is 2. The molecule has 1 fully saturated rings. The molecule has 1 aromatic carbocycles. The minimum absolute atomic E-state index is 0.112. The van der Waals surface area contributed by atoms with Gasteiger partial charge in [0.1, 0.15) is 11.8 Å². The van der Waals surface area contributed by atoms with E-state index < -0.39 is 12.0 Å². The number of carboxylic acids is 1. The van der Waals surface area contributed by atoms with Gasteiger partial charge in [-0.2, -0.15) is 0 Å². The molecule has 2 aromatic rings. The number of amides is 1. The first-order chi connectivity index (χ1) is 11.5. The van der Waals surface area contributed by atoms with Gasteiger partial charge in [0.25, 0.3) is 0 Å². The van der Waals surface area contributed by atoms with Gasteiger partial charge >= 0.3 is 5.97 Å². The molecular formula is C17H20N2O5. The third kappa shape index (κ3) is 2.82. The number of ether oxygens (including phenoxy) is 2. The minimum atomic E-state index is -1.00. The molecule has 2 unspecified atom stereocenters. The van der Waals surface area contributed by atoms with Gasteiger partial charge in [0, 0.05) is 37.2 Å². The lowest BCUT2D eigenvalue weighted by Crippen LogP contribution is -2.41. The molecule has 128 valence electrons. The van der Waals surface area contributed by atoms with Gasteiger partial charge in [-0.15, -0.1) is 0 Å². The summed E-state index contributed by atoms with van der Waals surface area (Å²) in [5, 5.41) is 10.2. The largest absolute Gasteiger partial charge is 0.496 e. The minimum Gasteiger partial charge on any atom is -0.496 e. The van der Waals surface area contributed by atoms with Crippen LogP contribution in [0.2, 0.25) is 0 Å². The number of carbonyl (C=O) groups is 2. The highest BCUT2D eigenvalue weighted by Gasteiger charge is 2.39. The lowest BCUT2D eigenvalue weighted by molar-refractivity contribution is -0.147. The predicted molar refractivity (Wildman–Crippen MR) is 87.1 cm³/mol. The average molecular weight is 332 g/mol. The van der Waals surface area contributed by atoms with Gasteiger partial charge in [-0.05, 0) is 17.7 Å². The van der Waals surface area contributed by atoms with Gasteiger partial charge in [0.2, 0.25) is 5.91 Å². The number of aliphatic carboxylic acids is 1. The van der Waals surface area contributed by atoms with Gasteiger partial charge in [-0.1, -0.05) is 6.07 Å². The monoisotopic (exact) mass is 332 g/mol. The van der Waals surface area contributed by atoms with Crippen LogP contribution in [0.1, 0.15) is 12.0 Å². The van der Waals surface area contributed by atoms with E-state index in [0.29, 0.717) is 18.7 Å². The van der Waals surface area contributed by atoms with Gasteiger partial charge in [0.15, 0.2) is 0 Å². The maximum atomic E-state index is 12.7. The van der Waals surface area contributed by atoms with Crippen molar-refractivity contribution in [3.05, 3.63) is 30.0 Å². The summed E-state index contributed by atoms with van der Waals surface area (Å²) in [5.74, 6) is -0.546. The zero-order valence-electron chi connectivity index (χ0n) is 13.6. The van der Waals surface area contributed by atoms with Gasteiger partial charge in [-0.3, -0.25) is 4.79 Å². The highest BCUT2D eigenvalue weighted by molar-refractivity contribution is 5.94. The number of nitrogens with zero attached hydrogens (tertiary/aromatic N) is 1. The third-order valence-electron chi connectivity index (χ3n) is 4.51. The summed E-state index contributed by atoms with van der Waals surface area (Å²) in [7, 11) is 3.11. The molecule has 2 heterocycles. The van der Waals surface area contributed by atoms with Crippen molar-refractivity contribution in [2.75, 3.05) is 20.8 Å². The Morgan fingerprint density at radius 2 is 2.17 bits per heavy atom. The highest BCUT2D eigenvalue weighted by Crippen LogP contribution is 2.30. The number of H-pyrrole nitrogens is 1. The molecule has 0 aliphatic carbocycles. The molecule has 1 amide bonds. The quantitative estimate of drug-likeness (QED) is 0.864. The van der Waals surface area contributed by atoms with E-state index in [1.807, 2.05) is 18.2 Å². The number of nitrogens with one attached hydrogen (secondary N) is 1. The number of likely N-dealkylation sites (tertiary alicyclic amines) is 1. The SMILES string of the molecule is COc1cccc2[nH]cc(CC(=O)N3CC(OC)CC3C(=O)O)c12. The van der Waals surface area contributed by atoms with Crippen molar-refractivity contribution in [1.29, 1.82) is 0 Å². The van der Waals surface area contributed by atoms with Crippen LogP contribution in [-0.2, 0) is 20.7 Å². The van der Waals surface area contributed by atoms with Crippen molar-refractivity contribution in [2.24, 2.45) is 0 Å². The molecule has 2 atom stereocenters. The molecule has 1 aliphatic rings. The Kier molecular flexibility index (Phi) is 4.44. The summed E-state index contributed by atoms with van der Waals surface area (Å²) in [4.78, 5) is 28.6. The van der Waals surface area contributed by atoms with E-state index in [1.165, 1.54) is 12.0 Å². The number of fused-ring (bicyclic) bond motifs is 1. The Hall–Kier alpha value is -2.54. The molecule has 24 heavy (non-hydrogen) atoms. The van der Waals surface area contributed by atoms with E-state index in [4.69, 9.17) is 9.47 Å². The second-order valence-electron chi connectivity index (χ2n) is 5.87. The van der Waals surface area contributed by atoms with Crippen LogP contribution in [0.3, 0.4) is 0 Å². The molecule has 0 bridgehead atoms. The number of aromatic amines is 1. The Morgan fingerprint density at radius 1 is 1.38 bits per heavy atom. The average Bonchev–Trinajstić information content (AvgIpc) is 3.19. The zero-order valence-corrected chi connectivity index (χ0v) is 13.6. The van der Waals surface area contributed by atoms with Crippen LogP contribution in [0.4, 0.5) is 0 Å². The second-order valence-corrected chi connectivity index (χ2v) is 5.87. The first-order valence-corrected chi connectivity index (χ1v) is 7.73. The molecule has 1 aliphatic heterocycles. The van der Waals surface area contributed by atoms with Crippen molar-refractivity contribution in [3.63, 3.8) is 0 Å². The van der Waals surface area contributed by atoms with Gasteiger partial charge < -0.3 is 24.5 Å². The van der Waals surface area contributed by atoms with E-state index >= 15 is 0 Å². The van der Waals surface area contributed by atoms with Crippen LogP contribution >= 0.6 is 0 Å². The van der Waals surface area contributed by atoms with E-state index in [1.54, 1.807) is 13.3 Å². The normalized spacial score (nSPS) is 20.5. The zero-order chi connectivity index (χ0) is 17.3. The summed E-state index contributed by atoms with van der Waals surface area (Å²) < 4.78 is 10.6. The molecule has 3 rings (SSSR count). The van der Waals surface area contributed by atoms with Crippen molar-refractivity contribution < 1.29 is 24.2 Å². The van der Waals surface area contributed by atoms with E-state index in [9.17, 15) is 14.7 Å². The number of carboxylic acid groups (broad SMARTS) is 1. The molecule has 1 saturated heterocycles. The number of hydrogen-bond acceptors (Lipinski definition) is 4. The Balaban J connectivity index is 1.86. The molecule has 7 nitrogen and oxygen atoms in total. The molecule has 0 spiro atoms. The van der Waals surface area contributed by atoms with E-state index in [-0.39, 0.29) is 18.4 Å². The number of carbonyl (C=O) groups excluding carboxylic acids is 1. The Labute approximate surface area is 139 Å². The smallest absolute Gasteiger partial charge is 0.326 e. The second kappa shape index (κ2) is 6.52. The van der Waals surface area contributed by atoms with Crippen molar-refractivity contribution in [1.82, 2.24) is 9.88 Å². The van der Waals surface area contributed by atoms with E-state index in [0.717, 1.165) is 16.5 Å². The lowest BCUT2D eigenvalue weighted by atomic mass is 10.1. The summed E-state index contributed by atoms with van der Waals surface area (Å²) in [6.07, 6.45) is 1.95. The van der Waals surface area contributed by atoms with Crippen LogP contribution in [0.5, 0.6) is 5.75 Å². The third-order valence-corrected chi connectivity index (χ3v) is 4.51. The first kappa shape index (κ1) is 16.3. The Morgan fingerprint density at radius 3 is 2.83 bits per heavy atom. The van der Waals surface area contributed by atoms with Crippen molar-refractivity contribution >= 4 is 22.8 Å². The number of benzene rings is 1. The fraction of sp³-hybridized carbons (Fsp3) is 0.412. The van der Waals surface area contributed by atoms with Crippen LogP contribution in [0.25, 0.3) is 10.9 Å². The molecular weight excluding hydrogens is 312 g/mol. The molecule has 1 aromatic heterocycles. The number of hydrogen-bond donors (Lipinski definition) is 2. The van der Waals surface area contributed by atoms with Crippen LogP contribution in [0, 0.1) is 0 Å². The summed E-state index contributed by atoms with van der Waals surface area (Å²) in [6, 6.07) is 4.77. The molecule has 0 radical (unpaired) electrons. The lowest BCUT2D eigenvalue weighted by Gasteiger charge is -2.21. The van der Waals surface area contributed by atoms with Crippen LogP contribution in [0.15, 0.2) is 24.4 Å². The Bertz CT molecular complexity index is 769. The van der Waals surface area contributed by atoms with Crippen molar-refractivity contribution in [3.8, 4) is 5.75 Å². The van der Waals surface area contributed by atoms with Gasteiger partial charge in [-0.25, -0.2) is 4.79 Å². The standard InChI is InChI=1S/C17H20N2O5/c1-23-11-7-13(17(21)22)19(9-11)15(20)6-10-8-18-12-4-3-5-14(24-2)16(10)12/h3-5,8,11,13,18H,6-7,9H2,1-2H3,(H,21,22). The molecule has 2 N–H and O–H groups in total. The first-order valence-electron chi connectivity index (χ1n) is 7.73. The highest BCUT2D eigenvalue weighted by atomic mass is 16.5.